The van der Waals surface area contributed by atoms with Gasteiger partial charge in [0.2, 0.25) is 0 Å². The Kier molecular flexibility index (Phi) is 3.72. The third-order valence-corrected chi connectivity index (χ3v) is 2.70. The number of nitrogen functional groups attached to an aromatic ring is 1. The van der Waals surface area contributed by atoms with Crippen molar-refractivity contribution >= 4 is 5.69 Å². The normalized spacial score (nSPS) is 10.1. The van der Waals surface area contributed by atoms with Crippen molar-refractivity contribution in [2.24, 2.45) is 0 Å². The number of ether oxygens (including phenoxy) is 2. The van der Waals surface area contributed by atoms with Gasteiger partial charge in [0.25, 0.3) is 0 Å². The molecule has 18 heavy (non-hydrogen) atoms. The van der Waals surface area contributed by atoms with Crippen LogP contribution in [0, 0.1) is 6.92 Å². The van der Waals surface area contributed by atoms with Gasteiger partial charge in [0.15, 0.2) is 11.5 Å². The molecule has 3 nitrogen and oxygen atoms in total. The molecule has 0 aliphatic rings. The molecule has 2 aromatic rings. The lowest BCUT2D eigenvalue weighted by atomic mass is 10.2. The Bertz CT molecular complexity index is 521. The minimum Gasteiger partial charge on any atom is -0.493 e. The van der Waals surface area contributed by atoms with Crippen LogP contribution in [0.3, 0.4) is 0 Å². The predicted molar refractivity (Wildman–Crippen MR) is 72.9 cm³/mol. The van der Waals surface area contributed by atoms with Gasteiger partial charge in [-0.15, -0.1) is 0 Å². The number of anilines is 1. The number of methoxy groups -OCH3 is 1. The van der Waals surface area contributed by atoms with Crippen LogP contribution < -0.4 is 15.2 Å². The lowest BCUT2D eigenvalue weighted by molar-refractivity contribution is 0.284. The maximum Gasteiger partial charge on any atom is 0.162 e. The second-order valence-corrected chi connectivity index (χ2v) is 4.18. The number of nitrogens with two attached hydrogens (primary N) is 1. The molecular formula is C15H17NO2. The van der Waals surface area contributed by atoms with Crippen LogP contribution in [-0.4, -0.2) is 7.11 Å². The molecule has 0 amide bonds. The molecule has 0 heterocycles. The van der Waals surface area contributed by atoms with Crippen LogP contribution in [0.15, 0.2) is 42.5 Å². The Morgan fingerprint density at radius 1 is 1.00 bits per heavy atom. The first-order valence-electron chi connectivity index (χ1n) is 5.81. The second-order valence-electron chi connectivity index (χ2n) is 4.18. The zero-order valence-corrected chi connectivity index (χ0v) is 10.6. The van der Waals surface area contributed by atoms with Gasteiger partial charge >= 0.3 is 0 Å². The van der Waals surface area contributed by atoms with Crippen LogP contribution in [0.2, 0.25) is 0 Å². The summed E-state index contributed by atoms with van der Waals surface area (Å²) in [5.74, 6) is 1.36. The Morgan fingerprint density at radius 2 is 1.72 bits per heavy atom. The highest BCUT2D eigenvalue weighted by Crippen LogP contribution is 2.29. The van der Waals surface area contributed by atoms with E-state index in [1.165, 1.54) is 5.56 Å². The van der Waals surface area contributed by atoms with Gasteiger partial charge < -0.3 is 15.2 Å². The van der Waals surface area contributed by atoms with E-state index in [4.69, 9.17) is 15.2 Å². The fraction of sp³-hybridized carbons (Fsp3) is 0.200. The Morgan fingerprint density at radius 3 is 2.39 bits per heavy atom. The van der Waals surface area contributed by atoms with Crippen molar-refractivity contribution in [1.29, 1.82) is 0 Å². The van der Waals surface area contributed by atoms with Crippen molar-refractivity contribution in [3.05, 3.63) is 53.6 Å². The smallest absolute Gasteiger partial charge is 0.162 e. The summed E-state index contributed by atoms with van der Waals surface area (Å²) >= 11 is 0. The van der Waals surface area contributed by atoms with E-state index in [2.05, 4.69) is 31.2 Å². The van der Waals surface area contributed by atoms with Crippen molar-refractivity contribution < 1.29 is 9.47 Å². The number of aryl methyl sites for hydroxylation is 1. The third kappa shape index (κ3) is 2.94. The molecule has 0 unspecified atom stereocenters. The van der Waals surface area contributed by atoms with E-state index >= 15 is 0 Å². The fourth-order valence-electron chi connectivity index (χ4n) is 1.65. The minimum atomic E-state index is 0.514. The maximum atomic E-state index is 5.73. The van der Waals surface area contributed by atoms with E-state index in [1.807, 2.05) is 6.07 Å². The number of benzene rings is 2. The standard InChI is InChI=1S/C15H17NO2/c1-11-3-5-12(6-4-11)10-18-14-8-7-13(16)9-15(14)17-2/h3-9H,10,16H2,1-2H3. The molecule has 94 valence electrons. The molecule has 2 N–H and O–H groups in total. The second kappa shape index (κ2) is 5.45. The molecule has 3 heteroatoms. The fourth-order valence-corrected chi connectivity index (χ4v) is 1.65. The first-order chi connectivity index (χ1) is 8.69. The lowest BCUT2D eigenvalue weighted by Gasteiger charge is -2.11. The molecule has 0 saturated heterocycles. The highest BCUT2D eigenvalue weighted by atomic mass is 16.5. The van der Waals surface area contributed by atoms with Crippen LogP contribution in [0.5, 0.6) is 11.5 Å². The molecule has 0 spiro atoms. The van der Waals surface area contributed by atoms with Crippen molar-refractivity contribution in [2.75, 3.05) is 12.8 Å². The van der Waals surface area contributed by atoms with Crippen LogP contribution in [-0.2, 0) is 6.61 Å². The molecule has 0 atom stereocenters. The van der Waals surface area contributed by atoms with Gasteiger partial charge in [0, 0.05) is 11.8 Å². The number of hydrogen-bond acceptors (Lipinski definition) is 3. The predicted octanol–water partition coefficient (Wildman–Crippen LogP) is 3.16. The summed E-state index contributed by atoms with van der Waals surface area (Å²) in [5.41, 5.74) is 8.72. The van der Waals surface area contributed by atoms with Crippen LogP contribution in [0.1, 0.15) is 11.1 Å². The van der Waals surface area contributed by atoms with Crippen LogP contribution in [0.25, 0.3) is 0 Å². The SMILES string of the molecule is COc1cc(N)ccc1OCc1ccc(C)cc1. The summed E-state index contributed by atoms with van der Waals surface area (Å²) < 4.78 is 11.0. The summed E-state index contributed by atoms with van der Waals surface area (Å²) in [6.45, 7) is 2.58. The van der Waals surface area contributed by atoms with E-state index in [0.29, 0.717) is 23.8 Å². The van der Waals surface area contributed by atoms with Crippen LogP contribution in [0.4, 0.5) is 5.69 Å². The summed E-state index contributed by atoms with van der Waals surface area (Å²) in [4.78, 5) is 0. The monoisotopic (exact) mass is 243 g/mol. The molecule has 0 saturated carbocycles. The Hall–Kier alpha value is -2.16. The highest BCUT2D eigenvalue weighted by molar-refractivity contribution is 5.51. The molecular weight excluding hydrogens is 226 g/mol. The van der Waals surface area contributed by atoms with Gasteiger partial charge in [0.05, 0.1) is 7.11 Å². The summed E-state index contributed by atoms with van der Waals surface area (Å²) in [7, 11) is 1.60. The average molecular weight is 243 g/mol. The van der Waals surface area contributed by atoms with Gasteiger partial charge in [0.1, 0.15) is 6.61 Å². The highest BCUT2D eigenvalue weighted by Gasteiger charge is 2.04. The Labute approximate surface area is 107 Å². The average Bonchev–Trinajstić information content (AvgIpc) is 2.39. The molecule has 2 rings (SSSR count). The molecule has 0 aromatic heterocycles. The minimum absolute atomic E-state index is 0.514. The summed E-state index contributed by atoms with van der Waals surface area (Å²) in [6.07, 6.45) is 0. The quantitative estimate of drug-likeness (QED) is 0.839. The number of rotatable bonds is 4. The molecule has 2 aromatic carbocycles. The molecule has 0 aliphatic heterocycles. The lowest BCUT2D eigenvalue weighted by Crippen LogP contribution is -1.98. The van der Waals surface area contributed by atoms with E-state index < -0.39 is 0 Å². The van der Waals surface area contributed by atoms with Crippen LogP contribution >= 0.6 is 0 Å². The zero-order valence-electron chi connectivity index (χ0n) is 10.6. The van der Waals surface area contributed by atoms with Gasteiger partial charge in [-0.3, -0.25) is 0 Å². The molecule has 0 radical (unpaired) electrons. The van der Waals surface area contributed by atoms with Gasteiger partial charge in [-0.1, -0.05) is 29.8 Å². The van der Waals surface area contributed by atoms with Crippen molar-refractivity contribution in [2.45, 2.75) is 13.5 Å². The largest absolute Gasteiger partial charge is 0.493 e. The first kappa shape index (κ1) is 12.3. The van der Waals surface area contributed by atoms with Crippen molar-refractivity contribution in [1.82, 2.24) is 0 Å². The van der Waals surface area contributed by atoms with E-state index in [-0.39, 0.29) is 0 Å². The molecule has 0 aliphatic carbocycles. The molecule has 0 bridgehead atoms. The van der Waals surface area contributed by atoms with Crippen molar-refractivity contribution in [3.8, 4) is 11.5 Å². The van der Waals surface area contributed by atoms with Gasteiger partial charge in [-0.05, 0) is 24.6 Å². The van der Waals surface area contributed by atoms with E-state index in [1.54, 1.807) is 19.2 Å². The van der Waals surface area contributed by atoms with Gasteiger partial charge in [-0.2, -0.15) is 0 Å². The molecule has 0 fully saturated rings. The van der Waals surface area contributed by atoms with Crippen molar-refractivity contribution in [3.63, 3.8) is 0 Å². The topological polar surface area (TPSA) is 44.5 Å². The Balaban J connectivity index is 2.08. The first-order valence-corrected chi connectivity index (χ1v) is 5.81. The summed E-state index contributed by atoms with van der Waals surface area (Å²) in [5, 5.41) is 0. The summed E-state index contributed by atoms with van der Waals surface area (Å²) in [6, 6.07) is 13.6. The third-order valence-electron chi connectivity index (χ3n) is 2.70. The maximum absolute atomic E-state index is 5.73. The van der Waals surface area contributed by atoms with E-state index in [9.17, 15) is 0 Å². The number of hydrogen-bond donors (Lipinski definition) is 1. The van der Waals surface area contributed by atoms with Gasteiger partial charge in [-0.25, -0.2) is 0 Å². The zero-order chi connectivity index (χ0) is 13.0. The van der Waals surface area contributed by atoms with E-state index in [0.717, 1.165) is 5.56 Å².